The lowest BCUT2D eigenvalue weighted by Gasteiger charge is -2.24. The maximum Gasteiger partial charge on any atom is 0.308 e. The maximum absolute atomic E-state index is 12.9. The number of ether oxygens (including phenoxy) is 3. The Balaban J connectivity index is 2.50. The molecule has 1 aromatic carbocycles. The van der Waals surface area contributed by atoms with E-state index >= 15 is 0 Å². The van der Waals surface area contributed by atoms with Gasteiger partial charge in [-0.05, 0) is 18.6 Å². The Bertz CT molecular complexity index is 931. The van der Waals surface area contributed by atoms with Crippen LogP contribution in [0.15, 0.2) is 12.1 Å². The predicted molar refractivity (Wildman–Crippen MR) is 99.5 cm³/mol. The second kappa shape index (κ2) is 8.60. The third-order valence-electron chi connectivity index (χ3n) is 4.10. The van der Waals surface area contributed by atoms with Gasteiger partial charge in [-0.2, -0.15) is 0 Å². The summed E-state index contributed by atoms with van der Waals surface area (Å²) in [6, 6.07) is 1.80. The largest absolute Gasteiger partial charge is 0.423 e. The highest BCUT2D eigenvalue weighted by molar-refractivity contribution is 7.91. The van der Waals surface area contributed by atoms with Gasteiger partial charge < -0.3 is 19.1 Å². The SMILES string of the molecule is CC(=O)Oc1cc(C(=O)N(C)[C@H]2CCS(=O)(=O)C2)cc(OC(C)=O)c1OC(C)=O. The number of esters is 3. The number of hydrogen-bond acceptors (Lipinski definition) is 9. The van der Waals surface area contributed by atoms with E-state index in [1.54, 1.807) is 0 Å². The molecule has 1 atom stereocenters. The zero-order valence-corrected chi connectivity index (χ0v) is 17.2. The van der Waals surface area contributed by atoms with E-state index in [1.807, 2.05) is 0 Å². The molecule has 0 aliphatic carbocycles. The minimum Gasteiger partial charge on any atom is -0.423 e. The van der Waals surface area contributed by atoms with Gasteiger partial charge in [-0.15, -0.1) is 0 Å². The summed E-state index contributed by atoms with van der Waals surface area (Å²) in [6.45, 7) is 3.31. The Morgan fingerprint density at radius 2 is 1.41 bits per heavy atom. The maximum atomic E-state index is 12.9. The van der Waals surface area contributed by atoms with Crippen LogP contribution < -0.4 is 14.2 Å². The molecule has 0 radical (unpaired) electrons. The van der Waals surface area contributed by atoms with Crippen LogP contribution in [0.3, 0.4) is 0 Å². The van der Waals surface area contributed by atoms with E-state index in [2.05, 4.69) is 0 Å². The third-order valence-corrected chi connectivity index (χ3v) is 5.85. The molecule has 0 aromatic heterocycles. The summed E-state index contributed by atoms with van der Waals surface area (Å²) in [5.74, 6) is -3.94. The minimum atomic E-state index is -3.21. The highest BCUT2D eigenvalue weighted by Gasteiger charge is 2.34. The van der Waals surface area contributed by atoms with Crippen LogP contribution in [0.1, 0.15) is 37.6 Å². The number of rotatable bonds is 5. The van der Waals surface area contributed by atoms with Crippen molar-refractivity contribution in [2.24, 2.45) is 0 Å². The van der Waals surface area contributed by atoms with Crippen LogP contribution in [0.2, 0.25) is 0 Å². The van der Waals surface area contributed by atoms with Crippen LogP contribution in [0, 0.1) is 0 Å². The van der Waals surface area contributed by atoms with Crippen molar-refractivity contribution in [2.75, 3.05) is 18.6 Å². The molecule has 11 heteroatoms. The van der Waals surface area contributed by atoms with Crippen LogP contribution in [0.25, 0.3) is 0 Å². The molecule has 29 heavy (non-hydrogen) atoms. The summed E-state index contributed by atoms with van der Waals surface area (Å²) >= 11 is 0. The lowest BCUT2D eigenvalue weighted by Crippen LogP contribution is -2.37. The number of sulfone groups is 1. The molecule has 158 valence electrons. The summed E-state index contributed by atoms with van der Waals surface area (Å²) in [7, 11) is -1.77. The van der Waals surface area contributed by atoms with Crippen molar-refractivity contribution in [3.63, 3.8) is 0 Å². The molecule has 1 aromatic rings. The molecule has 0 spiro atoms. The van der Waals surface area contributed by atoms with Gasteiger partial charge in [-0.25, -0.2) is 8.42 Å². The fraction of sp³-hybridized carbons (Fsp3) is 0.444. The molecule has 1 saturated heterocycles. The van der Waals surface area contributed by atoms with Gasteiger partial charge in [0.25, 0.3) is 5.91 Å². The van der Waals surface area contributed by atoms with Gasteiger partial charge in [0.05, 0.1) is 11.5 Å². The average molecular weight is 427 g/mol. The summed E-state index contributed by atoms with van der Waals surface area (Å²) in [6.07, 6.45) is 0.295. The van der Waals surface area contributed by atoms with Crippen molar-refractivity contribution in [3.05, 3.63) is 17.7 Å². The van der Waals surface area contributed by atoms with E-state index in [-0.39, 0.29) is 34.3 Å². The van der Waals surface area contributed by atoms with Crippen molar-refractivity contribution in [1.82, 2.24) is 4.90 Å². The summed E-state index contributed by atoms with van der Waals surface area (Å²) in [4.78, 5) is 48.5. The van der Waals surface area contributed by atoms with Crippen LogP contribution in [0.5, 0.6) is 17.2 Å². The zero-order chi connectivity index (χ0) is 21.9. The van der Waals surface area contributed by atoms with Gasteiger partial charge in [-0.3, -0.25) is 19.2 Å². The van der Waals surface area contributed by atoms with Gasteiger partial charge in [0.2, 0.25) is 5.75 Å². The first-order chi connectivity index (χ1) is 13.4. The Morgan fingerprint density at radius 1 is 0.931 bits per heavy atom. The highest BCUT2D eigenvalue weighted by Crippen LogP contribution is 2.40. The average Bonchev–Trinajstić information content (AvgIpc) is 2.94. The molecule has 1 heterocycles. The van der Waals surface area contributed by atoms with Gasteiger partial charge in [-0.1, -0.05) is 0 Å². The van der Waals surface area contributed by atoms with Crippen molar-refractivity contribution < 1.29 is 41.8 Å². The van der Waals surface area contributed by atoms with Gasteiger partial charge in [0.15, 0.2) is 21.3 Å². The molecular formula is C18H21NO9S. The minimum absolute atomic E-state index is 0.0158. The predicted octanol–water partition coefficient (Wildman–Crippen LogP) is 0.722. The van der Waals surface area contributed by atoms with Gasteiger partial charge in [0.1, 0.15) is 0 Å². The number of benzene rings is 1. The molecule has 1 aliphatic rings. The zero-order valence-electron chi connectivity index (χ0n) is 16.4. The topological polar surface area (TPSA) is 133 Å². The molecule has 10 nitrogen and oxygen atoms in total. The van der Waals surface area contributed by atoms with Crippen molar-refractivity contribution in [2.45, 2.75) is 33.2 Å². The van der Waals surface area contributed by atoms with E-state index in [0.717, 1.165) is 32.9 Å². The Morgan fingerprint density at radius 3 is 1.79 bits per heavy atom. The van der Waals surface area contributed by atoms with Crippen LogP contribution >= 0.6 is 0 Å². The van der Waals surface area contributed by atoms with E-state index in [0.29, 0.717) is 6.42 Å². The molecular weight excluding hydrogens is 406 g/mol. The molecule has 0 bridgehead atoms. The van der Waals surface area contributed by atoms with Crippen molar-refractivity contribution >= 4 is 33.7 Å². The normalized spacial score (nSPS) is 17.3. The van der Waals surface area contributed by atoms with E-state index < -0.39 is 39.7 Å². The fourth-order valence-electron chi connectivity index (χ4n) is 2.86. The molecule has 0 unspecified atom stereocenters. The molecule has 1 amide bonds. The lowest BCUT2D eigenvalue weighted by atomic mass is 10.1. The third kappa shape index (κ3) is 5.76. The fourth-order valence-corrected chi connectivity index (χ4v) is 4.63. The van der Waals surface area contributed by atoms with Crippen LogP contribution in [-0.2, 0) is 24.2 Å². The number of nitrogens with zero attached hydrogens (tertiary/aromatic N) is 1. The van der Waals surface area contributed by atoms with Crippen molar-refractivity contribution in [3.8, 4) is 17.2 Å². The Hall–Kier alpha value is -2.95. The molecule has 1 fully saturated rings. The summed E-state index contributed by atoms with van der Waals surface area (Å²) in [5, 5.41) is 0. The number of hydrogen-bond donors (Lipinski definition) is 0. The van der Waals surface area contributed by atoms with Crippen LogP contribution in [0.4, 0.5) is 0 Å². The first kappa shape index (κ1) is 22.3. The second-order valence-corrected chi connectivity index (χ2v) is 8.78. The number of amides is 1. The lowest BCUT2D eigenvalue weighted by molar-refractivity contribution is -0.135. The van der Waals surface area contributed by atoms with E-state index in [9.17, 15) is 27.6 Å². The molecule has 0 N–H and O–H groups in total. The Labute approximate surface area is 167 Å². The standard InChI is InChI=1S/C18H21NO9S/c1-10(20)26-15-7-13(8-16(27-11(2)21)17(15)28-12(3)22)18(23)19(4)14-5-6-29(24,25)9-14/h7-8,14H,5-6,9H2,1-4H3/t14-/m0/s1. The van der Waals surface area contributed by atoms with Crippen LogP contribution in [-0.4, -0.2) is 61.7 Å². The summed E-state index contributed by atoms with van der Waals surface area (Å²) < 4.78 is 38.5. The summed E-state index contributed by atoms with van der Waals surface area (Å²) in [5.41, 5.74) is -0.0415. The van der Waals surface area contributed by atoms with E-state index in [1.165, 1.54) is 11.9 Å². The molecule has 0 saturated carbocycles. The first-order valence-electron chi connectivity index (χ1n) is 8.60. The number of carbonyl (C=O) groups excluding carboxylic acids is 4. The highest BCUT2D eigenvalue weighted by atomic mass is 32.2. The second-order valence-electron chi connectivity index (χ2n) is 6.56. The van der Waals surface area contributed by atoms with Crippen molar-refractivity contribution in [1.29, 1.82) is 0 Å². The molecule has 2 rings (SSSR count). The van der Waals surface area contributed by atoms with E-state index in [4.69, 9.17) is 14.2 Å². The Kier molecular flexibility index (Phi) is 6.62. The number of carbonyl (C=O) groups is 4. The first-order valence-corrected chi connectivity index (χ1v) is 10.4. The van der Waals surface area contributed by atoms with Gasteiger partial charge >= 0.3 is 17.9 Å². The molecule has 1 aliphatic heterocycles. The quantitative estimate of drug-likeness (QED) is 0.492. The monoisotopic (exact) mass is 427 g/mol. The van der Waals surface area contributed by atoms with Gasteiger partial charge in [0, 0.05) is 39.4 Å². The smallest absolute Gasteiger partial charge is 0.308 e.